The van der Waals surface area contributed by atoms with Gasteiger partial charge in [-0.2, -0.15) is 0 Å². The number of carbonyl (C=O) groups excluding carboxylic acids is 1. The Kier molecular flexibility index (Phi) is 5.10. The van der Waals surface area contributed by atoms with Crippen molar-refractivity contribution in [3.8, 4) is 11.5 Å². The smallest absolute Gasteiger partial charge is 0.221 e. The first-order valence-electron chi connectivity index (χ1n) is 10.2. The summed E-state index contributed by atoms with van der Waals surface area (Å²) in [4.78, 5) is 14.4. The quantitative estimate of drug-likeness (QED) is 0.759. The highest BCUT2D eigenvalue weighted by atomic mass is 16.5. The van der Waals surface area contributed by atoms with E-state index in [9.17, 15) is 9.90 Å². The molecule has 0 saturated heterocycles. The average Bonchev–Trinajstić information content (AvgIpc) is 2.89. The predicted molar refractivity (Wildman–Crippen MR) is 107 cm³/mol. The van der Waals surface area contributed by atoms with Gasteiger partial charge in [-0.25, -0.2) is 0 Å². The van der Waals surface area contributed by atoms with Gasteiger partial charge in [-0.1, -0.05) is 18.2 Å². The zero-order valence-electron chi connectivity index (χ0n) is 16.9. The molecule has 1 aromatic rings. The van der Waals surface area contributed by atoms with Crippen molar-refractivity contribution >= 4 is 5.91 Å². The lowest BCUT2D eigenvalue weighted by Crippen LogP contribution is -2.43. The summed E-state index contributed by atoms with van der Waals surface area (Å²) in [5, 5.41) is 13.1. The number of carbonyl (C=O) groups is 1. The molecule has 6 heteroatoms. The molecular formula is C22H30N2O4. The summed E-state index contributed by atoms with van der Waals surface area (Å²) in [6.45, 7) is 6.36. The zero-order valence-corrected chi connectivity index (χ0v) is 16.9. The van der Waals surface area contributed by atoms with E-state index in [1.54, 1.807) is 7.11 Å². The minimum Gasteiger partial charge on any atom is -0.493 e. The van der Waals surface area contributed by atoms with E-state index >= 15 is 0 Å². The van der Waals surface area contributed by atoms with Crippen molar-refractivity contribution in [1.82, 2.24) is 10.2 Å². The molecule has 0 fully saturated rings. The van der Waals surface area contributed by atoms with E-state index in [4.69, 9.17) is 9.47 Å². The number of aliphatic hydroxyl groups is 1. The highest BCUT2D eigenvalue weighted by Crippen LogP contribution is 2.55. The molecule has 0 saturated carbocycles. The summed E-state index contributed by atoms with van der Waals surface area (Å²) in [5.41, 5.74) is 2.20. The van der Waals surface area contributed by atoms with E-state index in [0.29, 0.717) is 12.8 Å². The normalized spacial score (nSPS) is 28.3. The minimum absolute atomic E-state index is 0.0817. The molecule has 28 heavy (non-hydrogen) atoms. The molecule has 2 unspecified atom stereocenters. The largest absolute Gasteiger partial charge is 0.493 e. The van der Waals surface area contributed by atoms with Gasteiger partial charge in [-0.3, -0.25) is 9.69 Å². The molecule has 0 bridgehead atoms. The Morgan fingerprint density at radius 2 is 2.29 bits per heavy atom. The second kappa shape index (κ2) is 7.41. The maximum absolute atomic E-state index is 12.1. The predicted octanol–water partition coefficient (Wildman–Crippen LogP) is 2.14. The first-order chi connectivity index (χ1) is 13.4. The summed E-state index contributed by atoms with van der Waals surface area (Å²) in [7, 11) is 1.66. The molecule has 1 amide bonds. The van der Waals surface area contributed by atoms with Crippen LogP contribution in [0.4, 0.5) is 0 Å². The fourth-order valence-corrected chi connectivity index (χ4v) is 4.84. The Balaban J connectivity index is 1.63. The molecule has 0 radical (unpaired) electrons. The average molecular weight is 386 g/mol. The lowest BCUT2D eigenvalue weighted by atomic mass is 9.69. The fraction of sp³-hybridized carbons (Fsp3) is 0.591. The number of nitrogens with one attached hydrogen (secondary N) is 1. The molecule has 6 nitrogen and oxygen atoms in total. The topological polar surface area (TPSA) is 71.0 Å². The summed E-state index contributed by atoms with van der Waals surface area (Å²) in [6, 6.07) is 4.25. The fourth-order valence-electron chi connectivity index (χ4n) is 4.84. The molecule has 4 rings (SSSR count). The maximum Gasteiger partial charge on any atom is 0.221 e. The van der Waals surface area contributed by atoms with Gasteiger partial charge < -0.3 is 19.9 Å². The van der Waals surface area contributed by atoms with Gasteiger partial charge >= 0.3 is 0 Å². The lowest BCUT2D eigenvalue weighted by molar-refractivity contribution is -0.121. The van der Waals surface area contributed by atoms with E-state index in [1.165, 1.54) is 11.1 Å². The highest BCUT2D eigenvalue weighted by molar-refractivity contribution is 5.76. The van der Waals surface area contributed by atoms with Gasteiger partial charge in [0.25, 0.3) is 0 Å². The van der Waals surface area contributed by atoms with Crippen LogP contribution in [-0.2, 0) is 16.8 Å². The van der Waals surface area contributed by atoms with Crippen LogP contribution < -0.4 is 14.8 Å². The van der Waals surface area contributed by atoms with Crippen LogP contribution in [0.5, 0.6) is 11.5 Å². The number of hydrogen-bond acceptors (Lipinski definition) is 5. The second-order valence-corrected chi connectivity index (χ2v) is 8.44. The van der Waals surface area contributed by atoms with Crippen LogP contribution in [0.2, 0.25) is 0 Å². The molecule has 1 aromatic carbocycles. The molecule has 3 aliphatic rings. The molecule has 2 N–H and O–H groups in total. The monoisotopic (exact) mass is 386 g/mol. The van der Waals surface area contributed by atoms with Gasteiger partial charge in [-0.15, -0.1) is 0 Å². The molecular weight excluding hydrogens is 356 g/mol. The molecule has 3 atom stereocenters. The van der Waals surface area contributed by atoms with Gasteiger partial charge in [0, 0.05) is 37.5 Å². The third-order valence-electron chi connectivity index (χ3n) is 6.14. The van der Waals surface area contributed by atoms with E-state index < -0.39 is 6.10 Å². The van der Waals surface area contributed by atoms with Crippen molar-refractivity contribution in [2.45, 2.75) is 63.3 Å². The Bertz CT molecular complexity index is 791. The SMILES string of the molecule is COc1ccc2c3c1OC1CC(O)C=C[C@@]31CCN(CCC(=O)NC(C)C)C2. The van der Waals surface area contributed by atoms with Gasteiger partial charge in [0.15, 0.2) is 11.5 Å². The number of hydrogen-bond donors (Lipinski definition) is 2. The van der Waals surface area contributed by atoms with Crippen LogP contribution in [0.1, 0.15) is 44.2 Å². The molecule has 0 aromatic heterocycles. The van der Waals surface area contributed by atoms with Gasteiger partial charge in [0.2, 0.25) is 5.91 Å². The van der Waals surface area contributed by atoms with Gasteiger partial charge in [0.05, 0.1) is 18.6 Å². The number of amides is 1. The summed E-state index contributed by atoms with van der Waals surface area (Å²) in [5.74, 6) is 1.67. The van der Waals surface area contributed by atoms with Crippen LogP contribution in [0.3, 0.4) is 0 Å². The van der Waals surface area contributed by atoms with Crippen LogP contribution in [0, 0.1) is 0 Å². The third kappa shape index (κ3) is 3.29. The maximum atomic E-state index is 12.1. The standard InChI is InChI=1S/C22H30N2O4/c1-14(2)23-19(26)7-10-24-11-9-22-8-6-16(25)12-18(22)28-21-17(27-3)5-4-15(13-24)20(21)22/h4-6,8,14,16,18,25H,7,9-13H2,1-3H3,(H,23,26)/t16?,18?,22-/m0/s1. The van der Waals surface area contributed by atoms with Gasteiger partial charge in [-0.05, 0) is 38.4 Å². The van der Waals surface area contributed by atoms with Crippen molar-refractivity contribution < 1.29 is 19.4 Å². The summed E-state index contributed by atoms with van der Waals surface area (Å²) >= 11 is 0. The van der Waals surface area contributed by atoms with Crippen molar-refractivity contribution in [2.75, 3.05) is 20.2 Å². The van der Waals surface area contributed by atoms with Crippen molar-refractivity contribution in [2.24, 2.45) is 0 Å². The van der Waals surface area contributed by atoms with Crippen LogP contribution in [0.15, 0.2) is 24.3 Å². The lowest BCUT2D eigenvalue weighted by Gasteiger charge is -2.35. The first-order valence-corrected chi connectivity index (χ1v) is 10.2. The van der Waals surface area contributed by atoms with Crippen LogP contribution >= 0.6 is 0 Å². The zero-order chi connectivity index (χ0) is 19.9. The minimum atomic E-state index is -0.474. The van der Waals surface area contributed by atoms with Crippen molar-refractivity contribution in [3.63, 3.8) is 0 Å². The first kappa shape index (κ1) is 19.3. The number of aliphatic hydroxyl groups excluding tert-OH is 1. The molecule has 1 spiro atoms. The number of methoxy groups -OCH3 is 1. The number of benzene rings is 1. The van der Waals surface area contributed by atoms with E-state index in [2.05, 4.69) is 22.4 Å². The van der Waals surface area contributed by atoms with E-state index in [-0.39, 0.29) is 23.5 Å². The summed E-state index contributed by atoms with van der Waals surface area (Å²) in [6.07, 6.45) is 5.49. The van der Waals surface area contributed by atoms with Crippen LogP contribution in [-0.4, -0.2) is 54.4 Å². The number of rotatable bonds is 5. The molecule has 2 heterocycles. The van der Waals surface area contributed by atoms with Gasteiger partial charge in [0.1, 0.15) is 6.10 Å². The molecule has 1 aliphatic carbocycles. The Morgan fingerprint density at radius 3 is 3.04 bits per heavy atom. The van der Waals surface area contributed by atoms with E-state index in [0.717, 1.165) is 37.6 Å². The number of ether oxygens (including phenoxy) is 2. The number of nitrogens with zero attached hydrogens (tertiary/aromatic N) is 1. The Hall–Kier alpha value is -2.05. The third-order valence-corrected chi connectivity index (χ3v) is 6.14. The van der Waals surface area contributed by atoms with Crippen LogP contribution in [0.25, 0.3) is 0 Å². The second-order valence-electron chi connectivity index (χ2n) is 8.44. The van der Waals surface area contributed by atoms with Crippen molar-refractivity contribution in [1.29, 1.82) is 0 Å². The summed E-state index contributed by atoms with van der Waals surface area (Å²) < 4.78 is 11.9. The van der Waals surface area contributed by atoms with E-state index in [1.807, 2.05) is 26.0 Å². The molecule has 152 valence electrons. The molecule has 2 aliphatic heterocycles. The van der Waals surface area contributed by atoms with Crippen molar-refractivity contribution in [3.05, 3.63) is 35.4 Å². The highest BCUT2D eigenvalue weighted by Gasteiger charge is 2.52. The Morgan fingerprint density at radius 1 is 1.46 bits per heavy atom. The Labute approximate surface area is 166 Å².